The van der Waals surface area contributed by atoms with E-state index in [-0.39, 0.29) is 22.3 Å². The first kappa shape index (κ1) is 38.0. The summed E-state index contributed by atoms with van der Waals surface area (Å²) >= 11 is 3.12. The lowest BCUT2D eigenvalue weighted by Crippen LogP contribution is -2.24. The van der Waals surface area contributed by atoms with Crippen LogP contribution >= 0.6 is 23.5 Å². The molecule has 0 bridgehead atoms. The van der Waals surface area contributed by atoms with Crippen molar-refractivity contribution in [2.45, 2.75) is 58.1 Å². The summed E-state index contributed by atoms with van der Waals surface area (Å²) in [5, 5.41) is 0. The quantitative estimate of drug-likeness (QED) is 0.163. The molecule has 58 heavy (non-hydrogen) atoms. The fourth-order valence-electron chi connectivity index (χ4n) is 8.13. The monoisotopic (exact) mass is 816 g/mol. The first-order chi connectivity index (χ1) is 27.7. The van der Waals surface area contributed by atoms with Crippen LogP contribution in [-0.4, -0.2) is 0 Å². The van der Waals surface area contributed by atoms with Crippen molar-refractivity contribution in [2.24, 2.45) is 0 Å². The molecule has 0 saturated heterocycles. The van der Waals surface area contributed by atoms with Crippen LogP contribution in [0.25, 0.3) is 22.3 Å². The van der Waals surface area contributed by atoms with Crippen molar-refractivity contribution >= 4 is 57.6 Å². The summed E-state index contributed by atoms with van der Waals surface area (Å²) in [7, 11) is 0. The molecule has 0 unspecified atom stereocenters. The van der Waals surface area contributed by atoms with Gasteiger partial charge in [0.1, 0.15) is 0 Å². The Kier molecular flexibility index (Phi) is 9.20. The Balaban J connectivity index is 1.56. The van der Waals surface area contributed by atoms with E-state index in [1.165, 1.54) is 24.3 Å². The van der Waals surface area contributed by atoms with Crippen LogP contribution < -0.4 is 9.80 Å². The van der Waals surface area contributed by atoms with Crippen molar-refractivity contribution in [3.8, 4) is 22.3 Å². The second-order valence-corrected chi connectivity index (χ2v) is 17.3. The first-order valence-corrected chi connectivity index (χ1v) is 20.2. The predicted octanol–water partition coefficient (Wildman–Crippen LogP) is 16.2. The topological polar surface area (TPSA) is 6.48 Å². The van der Waals surface area contributed by atoms with Crippen molar-refractivity contribution in [2.75, 3.05) is 9.80 Å². The van der Waals surface area contributed by atoms with Gasteiger partial charge in [-0.3, -0.25) is 0 Å². The molecular formula is C48H34F6N2S2. The van der Waals surface area contributed by atoms with Gasteiger partial charge in [0.05, 0.1) is 45.3 Å². The normalized spacial score (nSPS) is 13.7. The SMILES string of the molecule is CC(C)(C)c1c(-c2ccccc2C(F)(F)F)c(N2c3ccccc3Sc3ccccc32)cc(N2c3ccccc3Sc3ccccc32)c1-c1ccccc1C(F)(F)F. The van der Waals surface area contributed by atoms with Crippen LogP contribution in [0.4, 0.5) is 60.5 Å². The smallest absolute Gasteiger partial charge is 0.308 e. The van der Waals surface area contributed by atoms with Gasteiger partial charge in [-0.2, -0.15) is 26.3 Å². The zero-order chi connectivity index (χ0) is 40.6. The number of alkyl halides is 6. The number of fused-ring (bicyclic) bond motifs is 4. The molecule has 10 heteroatoms. The fraction of sp³-hybridized carbons (Fsp3) is 0.125. The highest BCUT2D eigenvalue weighted by atomic mass is 32.2. The van der Waals surface area contributed by atoms with E-state index >= 15 is 26.3 Å². The Labute approximate surface area is 341 Å². The lowest BCUT2D eigenvalue weighted by molar-refractivity contribution is -0.137. The van der Waals surface area contributed by atoms with E-state index in [0.29, 0.717) is 16.9 Å². The van der Waals surface area contributed by atoms with Crippen LogP contribution in [0.15, 0.2) is 171 Å². The fourth-order valence-corrected chi connectivity index (χ4v) is 10.2. The molecule has 2 aliphatic rings. The molecule has 7 aromatic rings. The van der Waals surface area contributed by atoms with Crippen LogP contribution in [0.5, 0.6) is 0 Å². The highest BCUT2D eigenvalue weighted by molar-refractivity contribution is 8.00. The lowest BCUT2D eigenvalue weighted by atomic mass is 9.74. The van der Waals surface area contributed by atoms with Gasteiger partial charge in [-0.1, -0.05) is 129 Å². The molecule has 7 aromatic carbocycles. The Morgan fingerprint density at radius 3 is 0.983 bits per heavy atom. The second-order valence-electron chi connectivity index (χ2n) is 15.1. The first-order valence-electron chi connectivity index (χ1n) is 18.6. The van der Waals surface area contributed by atoms with Gasteiger partial charge in [0, 0.05) is 30.7 Å². The number of halogens is 6. The molecule has 0 spiro atoms. The van der Waals surface area contributed by atoms with E-state index < -0.39 is 28.9 Å². The Morgan fingerprint density at radius 1 is 0.379 bits per heavy atom. The maximum absolute atomic E-state index is 15.4. The molecule has 0 radical (unpaired) electrons. The number of benzene rings is 7. The van der Waals surface area contributed by atoms with E-state index in [1.807, 2.05) is 134 Å². The summed E-state index contributed by atoms with van der Waals surface area (Å²) in [6.07, 6.45) is -9.58. The van der Waals surface area contributed by atoms with Gasteiger partial charge < -0.3 is 9.80 Å². The maximum Gasteiger partial charge on any atom is 0.417 e. The number of rotatable bonds is 4. The molecule has 2 heterocycles. The zero-order valence-electron chi connectivity index (χ0n) is 31.4. The third kappa shape index (κ3) is 6.43. The number of anilines is 6. The molecule has 2 aliphatic heterocycles. The van der Waals surface area contributed by atoms with Crippen molar-refractivity contribution in [1.29, 1.82) is 0 Å². The highest BCUT2D eigenvalue weighted by Gasteiger charge is 2.42. The molecule has 0 aliphatic carbocycles. The van der Waals surface area contributed by atoms with Gasteiger partial charge >= 0.3 is 12.4 Å². The van der Waals surface area contributed by atoms with Gasteiger partial charge in [-0.05, 0) is 88.8 Å². The van der Waals surface area contributed by atoms with E-state index in [1.54, 1.807) is 35.7 Å². The van der Waals surface area contributed by atoms with E-state index in [4.69, 9.17) is 0 Å². The zero-order valence-corrected chi connectivity index (χ0v) is 33.0. The molecule has 0 amide bonds. The van der Waals surface area contributed by atoms with E-state index in [2.05, 4.69) is 0 Å². The van der Waals surface area contributed by atoms with Crippen LogP contribution in [0, 0.1) is 0 Å². The number of nitrogens with zero attached hydrogens (tertiary/aromatic N) is 2. The standard InChI is InChI=1S/C48H34F6N2S2/c1-46(2,3)45-43(29-16-4-6-18-31(29)47(49,50)51)37(55-33-20-8-12-24-39(33)57-40-25-13-9-21-34(40)55)28-38(44(45)30-17-5-7-19-32(30)48(52,53)54)56-35-22-10-14-26-41(35)58-42-27-15-11-23-36(42)56/h4-28H,1-3H3. The average Bonchev–Trinajstić information content (AvgIpc) is 3.20. The molecule has 0 atom stereocenters. The van der Waals surface area contributed by atoms with Crippen molar-refractivity contribution < 1.29 is 26.3 Å². The largest absolute Gasteiger partial charge is 0.417 e. The Morgan fingerprint density at radius 2 is 0.672 bits per heavy atom. The minimum Gasteiger partial charge on any atom is -0.308 e. The Bertz CT molecular complexity index is 2460. The summed E-state index contributed by atoms with van der Waals surface area (Å²) in [6, 6.07) is 43.4. The molecule has 2 nitrogen and oxygen atoms in total. The summed E-state index contributed by atoms with van der Waals surface area (Å²) < 4.78 is 92.3. The predicted molar refractivity (Wildman–Crippen MR) is 224 cm³/mol. The Hall–Kier alpha value is -5.58. The molecule has 0 saturated carbocycles. The van der Waals surface area contributed by atoms with E-state index in [0.717, 1.165) is 54.5 Å². The third-order valence-corrected chi connectivity index (χ3v) is 12.6. The summed E-state index contributed by atoms with van der Waals surface area (Å²) in [6.45, 7) is 5.57. The minimum atomic E-state index is -4.79. The minimum absolute atomic E-state index is 0.129. The number of para-hydroxylation sites is 4. The summed E-state index contributed by atoms with van der Waals surface area (Å²) in [5.74, 6) is 0. The summed E-state index contributed by atoms with van der Waals surface area (Å²) in [4.78, 5) is 7.49. The molecule has 9 rings (SSSR count). The van der Waals surface area contributed by atoms with Crippen LogP contribution in [0.1, 0.15) is 37.5 Å². The van der Waals surface area contributed by atoms with Crippen molar-refractivity contribution in [3.63, 3.8) is 0 Å². The number of hydrogen-bond donors (Lipinski definition) is 0. The van der Waals surface area contributed by atoms with Crippen molar-refractivity contribution in [3.05, 3.63) is 168 Å². The maximum atomic E-state index is 15.4. The van der Waals surface area contributed by atoms with Gasteiger partial charge in [0.25, 0.3) is 0 Å². The van der Waals surface area contributed by atoms with Gasteiger partial charge in [-0.15, -0.1) is 0 Å². The summed E-state index contributed by atoms with van der Waals surface area (Å²) in [5.41, 5.74) is 1.42. The van der Waals surface area contributed by atoms with Crippen LogP contribution in [-0.2, 0) is 17.8 Å². The van der Waals surface area contributed by atoms with Gasteiger partial charge in [0.15, 0.2) is 0 Å². The number of hydrogen-bond acceptors (Lipinski definition) is 4. The molecule has 0 fully saturated rings. The second kappa shape index (κ2) is 14.1. The van der Waals surface area contributed by atoms with Gasteiger partial charge in [0.2, 0.25) is 0 Å². The lowest BCUT2D eigenvalue weighted by Gasteiger charge is -2.41. The van der Waals surface area contributed by atoms with Crippen LogP contribution in [0.3, 0.4) is 0 Å². The molecule has 0 aromatic heterocycles. The third-order valence-electron chi connectivity index (χ3n) is 10.4. The molecule has 0 N–H and O–H groups in total. The highest BCUT2D eigenvalue weighted by Crippen LogP contribution is 2.61. The van der Waals surface area contributed by atoms with Crippen LogP contribution in [0.2, 0.25) is 0 Å². The van der Waals surface area contributed by atoms with E-state index in [9.17, 15) is 0 Å². The molecule has 290 valence electrons. The van der Waals surface area contributed by atoms with Crippen molar-refractivity contribution in [1.82, 2.24) is 0 Å². The molecular weight excluding hydrogens is 783 g/mol. The average molecular weight is 817 g/mol. The van der Waals surface area contributed by atoms with Gasteiger partial charge in [-0.25, -0.2) is 0 Å².